The summed E-state index contributed by atoms with van der Waals surface area (Å²) in [6.07, 6.45) is 1.81. The van der Waals surface area contributed by atoms with Gasteiger partial charge in [0.15, 0.2) is 0 Å². The maximum Gasteiger partial charge on any atom is 0.0700 e. The van der Waals surface area contributed by atoms with Crippen LogP contribution in [0.3, 0.4) is 0 Å². The molecule has 1 aromatic heterocycles. The number of pyridine rings is 1. The minimum atomic E-state index is 0.257. The first kappa shape index (κ1) is 13.1. The minimum absolute atomic E-state index is 0.257. The normalized spacial score (nSPS) is 12.6. The molecule has 0 amide bonds. The number of ether oxygens (including phenoxy) is 2. The maximum absolute atomic E-state index is 5.35. The lowest BCUT2D eigenvalue weighted by molar-refractivity contribution is 0.0712. The molecule has 0 aliphatic carbocycles. The van der Waals surface area contributed by atoms with Crippen LogP contribution in [-0.4, -0.2) is 38.5 Å². The topological polar surface area (TPSA) is 43.4 Å². The van der Waals surface area contributed by atoms with E-state index in [1.807, 2.05) is 24.4 Å². The van der Waals surface area contributed by atoms with Gasteiger partial charge in [-0.25, -0.2) is 0 Å². The SMILES string of the molecule is COCCOCCNC(C)c1ccccn1. The zero-order valence-corrected chi connectivity index (χ0v) is 9.98. The van der Waals surface area contributed by atoms with E-state index >= 15 is 0 Å². The number of rotatable bonds is 8. The van der Waals surface area contributed by atoms with E-state index in [0.29, 0.717) is 19.8 Å². The number of nitrogens with one attached hydrogen (secondary N) is 1. The van der Waals surface area contributed by atoms with Crippen molar-refractivity contribution in [1.82, 2.24) is 10.3 Å². The molecule has 0 aliphatic rings. The molecule has 1 unspecified atom stereocenters. The standard InChI is InChI=1S/C12H20N2O2/c1-11(12-5-3-4-6-14-12)13-7-8-16-10-9-15-2/h3-6,11,13H,7-10H2,1-2H3. The molecule has 0 saturated carbocycles. The molecule has 1 heterocycles. The summed E-state index contributed by atoms with van der Waals surface area (Å²) in [5, 5.41) is 3.35. The Morgan fingerprint density at radius 1 is 1.31 bits per heavy atom. The molecule has 0 fully saturated rings. The quantitative estimate of drug-likeness (QED) is 0.678. The van der Waals surface area contributed by atoms with E-state index in [2.05, 4.69) is 17.2 Å². The van der Waals surface area contributed by atoms with E-state index in [1.165, 1.54) is 0 Å². The van der Waals surface area contributed by atoms with Gasteiger partial charge in [0, 0.05) is 25.9 Å². The number of hydrogen-bond donors (Lipinski definition) is 1. The highest BCUT2D eigenvalue weighted by atomic mass is 16.5. The largest absolute Gasteiger partial charge is 0.382 e. The lowest BCUT2D eigenvalue weighted by Crippen LogP contribution is -2.24. The van der Waals surface area contributed by atoms with Crippen molar-refractivity contribution in [1.29, 1.82) is 0 Å². The van der Waals surface area contributed by atoms with E-state index < -0.39 is 0 Å². The molecule has 90 valence electrons. The fourth-order valence-electron chi connectivity index (χ4n) is 1.33. The van der Waals surface area contributed by atoms with Crippen molar-refractivity contribution in [3.8, 4) is 0 Å². The molecule has 4 nitrogen and oxygen atoms in total. The van der Waals surface area contributed by atoms with Crippen molar-refractivity contribution in [2.45, 2.75) is 13.0 Å². The third kappa shape index (κ3) is 5.21. The van der Waals surface area contributed by atoms with E-state index in [1.54, 1.807) is 7.11 Å². The summed E-state index contributed by atoms with van der Waals surface area (Å²) in [5.74, 6) is 0. The van der Waals surface area contributed by atoms with Gasteiger partial charge in [-0.15, -0.1) is 0 Å². The third-order valence-corrected chi connectivity index (χ3v) is 2.26. The molecular formula is C12H20N2O2. The first-order valence-corrected chi connectivity index (χ1v) is 5.55. The second-order valence-electron chi connectivity index (χ2n) is 3.54. The third-order valence-electron chi connectivity index (χ3n) is 2.26. The van der Waals surface area contributed by atoms with Crippen LogP contribution in [0.1, 0.15) is 18.7 Å². The summed E-state index contributed by atoms with van der Waals surface area (Å²) < 4.78 is 10.2. The molecule has 16 heavy (non-hydrogen) atoms. The zero-order chi connectivity index (χ0) is 11.6. The lowest BCUT2D eigenvalue weighted by Gasteiger charge is -2.13. The monoisotopic (exact) mass is 224 g/mol. The van der Waals surface area contributed by atoms with Crippen molar-refractivity contribution in [3.05, 3.63) is 30.1 Å². The smallest absolute Gasteiger partial charge is 0.0700 e. The lowest BCUT2D eigenvalue weighted by atomic mass is 10.2. The van der Waals surface area contributed by atoms with Crippen LogP contribution in [0.25, 0.3) is 0 Å². The Labute approximate surface area is 97.0 Å². The predicted molar refractivity (Wildman–Crippen MR) is 63.3 cm³/mol. The molecule has 1 rings (SSSR count). The first-order chi connectivity index (χ1) is 7.84. The molecule has 1 aromatic rings. The van der Waals surface area contributed by atoms with Gasteiger partial charge in [0.2, 0.25) is 0 Å². The maximum atomic E-state index is 5.35. The van der Waals surface area contributed by atoms with Crippen molar-refractivity contribution < 1.29 is 9.47 Å². The van der Waals surface area contributed by atoms with Gasteiger partial charge in [-0.1, -0.05) is 6.07 Å². The van der Waals surface area contributed by atoms with E-state index in [9.17, 15) is 0 Å². The van der Waals surface area contributed by atoms with Gasteiger partial charge in [-0.05, 0) is 19.1 Å². The molecule has 0 spiro atoms. The molecule has 1 N–H and O–H groups in total. The number of aromatic nitrogens is 1. The number of hydrogen-bond acceptors (Lipinski definition) is 4. The molecule has 1 atom stereocenters. The van der Waals surface area contributed by atoms with Crippen LogP contribution in [0.15, 0.2) is 24.4 Å². The molecule has 0 radical (unpaired) electrons. The Bertz CT molecular complexity index is 267. The van der Waals surface area contributed by atoms with Gasteiger partial charge < -0.3 is 14.8 Å². The van der Waals surface area contributed by atoms with Crippen LogP contribution in [0.5, 0.6) is 0 Å². The van der Waals surface area contributed by atoms with E-state index in [-0.39, 0.29) is 6.04 Å². The average Bonchev–Trinajstić information content (AvgIpc) is 2.34. The van der Waals surface area contributed by atoms with Gasteiger partial charge >= 0.3 is 0 Å². The fraction of sp³-hybridized carbons (Fsp3) is 0.583. The Morgan fingerprint density at radius 3 is 2.88 bits per heavy atom. The van der Waals surface area contributed by atoms with Crippen molar-refractivity contribution >= 4 is 0 Å². The van der Waals surface area contributed by atoms with Crippen LogP contribution in [0.2, 0.25) is 0 Å². The van der Waals surface area contributed by atoms with Crippen molar-refractivity contribution in [2.24, 2.45) is 0 Å². The average molecular weight is 224 g/mol. The Hall–Kier alpha value is -0.970. The number of nitrogens with zero attached hydrogens (tertiary/aromatic N) is 1. The summed E-state index contributed by atoms with van der Waals surface area (Å²) in [4.78, 5) is 4.28. The van der Waals surface area contributed by atoms with Crippen LogP contribution in [0, 0.1) is 0 Å². The predicted octanol–water partition coefficient (Wildman–Crippen LogP) is 1.40. The highest BCUT2D eigenvalue weighted by molar-refractivity contribution is 5.07. The number of methoxy groups -OCH3 is 1. The highest BCUT2D eigenvalue weighted by Gasteiger charge is 2.03. The summed E-state index contributed by atoms with van der Waals surface area (Å²) in [6, 6.07) is 6.19. The molecule has 0 saturated heterocycles. The fourth-order valence-corrected chi connectivity index (χ4v) is 1.33. The molecular weight excluding hydrogens is 204 g/mol. The minimum Gasteiger partial charge on any atom is -0.382 e. The highest BCUT2D eigenvalue weighted by Crippen LogP contribution is 2.06. The molecule has 0 bridgehead atoms. The molecule has 0 aromatic carbocycles. The summed E-state index contributed by atoms with van der Waals surface area (Å²) in [6.45, 7) is 4.91. The van der Waals surface area contributed by atoms with Gasteiger partial charge in [-0.3, -0.25) is 4.98 Å². The summed E-state index contributed by atoms with van der Waals surface area (Å²) in [7, 11) is 1.67. The summed E-state index contributed by atoms with van der Waals surface area (Å²) in [5.41, 5.74) is 1.05. The van der Waals surface area contributed by atoms with Crippen LogP contribution in [-0.2, 0) is 9.47 Å². The van der Waals surface area contributed by atoms with Crippen LogP contribution >= 0.6 is 0 Å². The van der Waals surface area contributed by atoms with Crippen molar-refractivity contribution in [3.63, 3.8) is 0 Å². The van der Waals surface area contributed by atoms with Gasteiger partial charge in [-0.2, -0.15) is 0 Å². The second kappa shape index (κ2) is 8.21. The first-order valence-electron chi connectivity index (χ1n) is 5.55. The molecule has 0 aliphatic heterocycles. The Morgan fingerprint density at radius 2 is 2.19 bits per heavy atom. The Kier molecular flexibility index (Phi) is 6.72. The van der Waals surface area contributed by atoms with E-state index in [0.717, 1.165) is 12.2 Å². The van der Waals surface area contributed by atoms with Gasteiger partial charge in [0.05, 0.1) is 25.5 Å². The molecule has 4 heteroatoms. The van der Waals surface area contributed by atoms with Gasteiger partial charge in [0.25, 0.3) is 0 Å². The van der Waals surface area contributed by atoms with Gasteiger partial charge in [0.1, 0.15) is 0 Å². The zero-order valence-electron chi connectivity index (χ0n) is 9.98. The van der Waals surface area contributed by atoms with Crippen LogP contribution in [0.4, 0.5) is 0 Å². The summed E-state index contributed by atoms with van der Waals surface area (Å²) >= 11 is 0. The van der Waals surface area contributed by atoms with Crippen LogP contribution < -0.4 is 5.32 Å². The van der Waals surface area contributed by atoms with E-state index in [4.69, 9.17) is 9.47 Å². The second-order valence-corrected chi connectivity index (χ2v) is 3.54. The Balaban J connectivity index is 2.09. The van der Waals surface area contributed by atoms with Crippen molar-refractivity contribution in [2.75, 3.05) is 33.5 Å².